The molecule has 0 atom stereocenters. The zero-order valence-electron chi connectivity index (χ0n) is 15.8. The Balaban J connectivity index is 2.12. The van der Waals surface area contributed by atoms with E-state index in [4.69, 9.17) is 14.2 Å². The second-order valence-corrected chi connectivity index (χ2v) is 5.61. The van der Waals surface area contributed by atoms with Gasteiger partial charge in [-0.05, 0) is 30.7 Å². The highest BCUT2D eigenvalue weighted by Gasteiger charge is 2.14. The first kappa shape index (κ1) is 20.7. The van der Waals surface area contributed by atoms with E-state index in [1.165, 1.54) is 44.7 Å². The van der Waals surface area contributed by atoms with Crippen LogP contribution in [0, 0.1) is 10.1 Å². The Morgan fingerprint density at radius 3 is 2.29 bits per heavy atom. The van der Waals surface area contributed by atoms with Gasteiger partial charge in [0.05, 0.1) is 32.0 Å². The Morgan fingerprint density at radius 2 is 1.79 bits per heavy atom. The number of nitrogens with one attached hydrogen (secondary N) is 1. The fourth-order valence-corrected chi connectivity index (χ4v) is 2.29. The largest absolute Gasteiger partial charge is 0.493 e. The Morgan fingerprint density at radius 1 is 1.18 bits per heavy atom. The van der Waals surface area contributed by atoms with Crippen LogP contribution in [0.4, 0.5) is 5.69 Å². The monoisotopic (exact) mass is 387 g/mol. The van der Waals surface area contributed by atoms with E-state index >= 15 is 0 Å². The van der Waals surface area contributed by atoms with Gasteiger partial charge in [-0.2, -0.15) is 5.10 Å². The average Bonchev–Trinajstić information content (AvgIpc) is 2.71. The van der Waals surface area contributed by atoms with E-state index in [-0.39, 0.29) is 11.3 Å². The normalized spacial score (nSPS) is 10.5. The molecule has 148 valence electrons. The topological polar surface area (TPSA) is 112 Å². The van der Waals surface area contributed by atoms with Crippen LogP contribution >= 0.6 is 0 Å². The fourth-order valence-electron chi connectivity index (χ4n) is 2.29. The Hall–Kier alpha value is -3.62. The molecule has 0 radical (unpaired) electrons. The fraction of sp³-hybridized carbons (Fsp3) is 0.263. The van der Waals surface area contributed by atoms with Gasteiger partial charge in [0.2, 0.25) is 5.75 Å². The molecule has 0 aliphatic rings. The highest BCUT2D eigenvalue weighted by molar-refractivity contribution is 5.95. The molecule has 2 aromatic carbocycles. The molecule has 0 saturated carbocycles. The number of nitro benzene ring substituents is 1. The summed E-state index contributed by atoms with van der Waals surface area (Å²) in [6.07, 6.45) is 2.27. The van der Waals surface area contributed by atoms with Crippen LogP contribution in [0.5, 0.6) is 17.2 Å². The van der Waals surface area contributed by atoms with Crippen molar-refractivity contribution in [1.29, 1.82) is 0 Å². The van der Waals surface area contributed by atoms with Gasteiger partial charge in [0.1, 0.15) is 0 Å². The molecule has 0 unspecified atom stereocenters. The van der Waals surface area contributed by atoms with Crippen LogP contribution in [0.15, 0.2) is 41.5 Å². The summed E-state index contributed by atoms with van der Waals surface area (Å²) in [7, 11) is 3.04. The molecule has 0 bridgehead atoms. The summed E-state index contributed by atoms with van der Waals surface area (Å²) in [5.41, 5.74) is 3.15. The van der Waals surface area contributed by atoms with E-state index < -0.39 is 10.8 Å². The second-order valence-electron chi connectivity index (χ2n) is 5.61. The summed E-state index contributed by atoms with van der Waals surface area (Å²) in [5.74, 6) is 0.971. The Bertz CT molecular complexity index is 839. The van der Waals surface area contributed by atoms with Crippen LogP contribution < -0.4 is 19.6 Å². The zero-order valence-corrected chi connectivity index (χ0v) is 15.8. The van der Waals surface area contributed by atoms with Crippen LogP contribution in [0.3, 0.4) is 0 Å². The molecule has 9 nitrogen and oxygen atoms in total. The van der Waals surface area contributed by atoms with E-state index in [1.54, 1.807) is 12.1 Å². The summed E-state index contributed by atoms with van der Waals surface area (Å²) in [4.78, 5) is 22.2. The van der Waals surface area contributed by atoms with Crippen molar-refractivity contribution in [2.75, 3.05) is 20.8 Å². The van der Waals surface area contributed by atoms with Gasteiger partial charge in [-0.25, -0.2) is 5.43 Å². The summed E-state index contributed by atoms with van der Waals surface area (Å²) >= 11 is 0. The number of ether oxygens (including phenoxy) is 3. The van der Waals surface area contributed by atoms with Gasteiger partial charge in [-0.15, -0.1) is 0 Å². The van der Waals surface area contributed by atoms with Crippen molar-refractivity contribution < 1.29 is 23.9 Å². The Kier molecular flexibility index (Phi) is 7.32. The lowest BCUT2D eigenvalue weighted by Gasteiger charge is -2.14. The van der Waals surface area contributed by atoms with Gasteiger partial charge in [0, 0.05) is 23.3 Å². The lowest BCUT2D eigenvalue weighted by molar-refractivity contribution is -0.384. The number of hydrogen-bond acceptors (Lipinski definition) is 7. The summed E-state index contributed by atoms with van der Waals surface area (Å²) < 4.78 is 16.4. The van der Waals surface area contributed by atoms with Crippen LogP contribution in [-0.2, 0) is 0 Å². The molecule has 1 N–H and O–H groups in total. The zero-order chi connectivity index (χ0) is 20.5. The first-order chi connectivity index (χ1) is 13.5. The summed E-state index contributed by atoms with van der Waals surface area (Å²) in [6, 6.07) is 8.63. The molecule has 2 rings (SSSR count). The van der Waals surface area contributed by atoms with Crippen LogP contribution in [0.2, 0.25) is 0 Å². The van der Waals surface area contributed by atoms with Gasteiger partial charge < -0.3 is 14.2 Å². The van der Waals surface area contributed by atoms with E-state index in [2.05, 4.69) is 10.5 Å². The number of nitro groups is 1. The molecule has 9 heteroatoms. The van der Waals surface area contributed by atoms with Gasteiger partial charge >= 0.3 is 0 Å². The lowest BCUT2D eigenvalue weighted by atomic mass is 10.2. The number of carbonyl (C=O) groups excluding carboxylic acids is 1. The van der Waals surface area contributed by atoms with E-state index in [9.17, 15) is 14.9 Å². The predicted octanol–water partition coefficient (Wildman–Crippen LogP) is 3.16. The van der Waals surface area contributed by atoms with E-state index in [0.717, 1.165) is 6.42 Å². The highest BCUT2D eigenvalue weighted by Crippen LogP contribution is 2.38. The minimum absolute atomic E-state index is 0.0929. The number of benzene rings is 2. The molecule has 0 aromatic heterocycles. The SMILES string of the molecule is CCCOc1c(OC)cc(/C=N/NC(=O)c2ccc([N+](=O)[O-])cc2)cc1OC. The van der Waals surface area contributed by atoms with Gasteiger partial charge in [0.15, 0.2) is 11.5 Å². The molecule has 0 spiro atoms. The average molecular weight is 387 g/mol. The van der Waals surface area contributed by atoms with Gasteiger partial charge in [-0.1, -0.05) is 6.92 Å². The van der Waals surface area contributed by atoms with Crippen molar-refractivity contribution in [3.8, 4) is 17.2 Å². The number of hydrogen-bond donors (Lipinski definition) is 1. The van der Waals surface area contributed by atoms with Crippen molar-refractivity contribution >= 4 is 17.8 Å². The molecule has 0 aliphatic carbocycles. The third-order valence-electron chi connectivity index (χ3n) is 3.65. The molecule has 0 saturated heterocycles. The highest BCUT2D eigenvalue weighted by atomic mass is 16.6. The minimum Gasteiger partial charge on any atom is -0.493 e. The molecule has 0 aliphatic heterocycles. The predicted molar refractivity (Wildman–Crippen MR) is 103 cm³/mol. The van der Waals surface area contributed by atoms with Crippen LogP contribution in [0.1, 0.15) is 29.3 Å². The molecule has 1 amide bonds. The van der Waals surface area contributed by atoms with Crippen LogP contribution in [0.25, 0.3) is 0 Å². The number of amides is 1. The second kappa shape index (κ2) is 9.91. The standard InChI is InChI=1S/C19H21N3O6/c1-4-9-28-18-16(26-2)10-13(11-17(18)27-3)12-20-21-19(23)14-5-7-15(8-6-14)22(24)25/h5-8,10-12H,4,9H2,1-3H3,(H,21,23)/b20-12+. The van der Waals surface area contributed by atoms with Crippen LogP contribution in [-0.4, -0.2) is 37.9 Å². The first-order valence-corrected chi connectivity index (χ1v) is 8.46. The number of hydrazone groups is 1. The molecule has 28 heavy (non-hydrogen) atoms. The maximum Gasteiger partial charge on any atom is 0.271 e. The number of methoxy groups -OCH3 is 2. The van der Waals surface area contributed by atoms with E-state index in [0.29, 0.717) is 29.4 Å². The van der Waals surface area contributed by atoms with Crippen molar-refractivity contribution in [1.82, 2.24) is 5.43 Å². The molecule has 0 heterocycles. The minimum atomic E-state index is -0.533. The van der Waals surface area contributed by atoms with Crippen molar-refractivity contribution in [3.05, 3.63) is 57.6 Å². The van der Waals surface area contributed by atoms with Crippen molar-refractivity contribution in [2.24, 2.45) is 5.10 Å². The first-order valence-electron chi connectivity index (χ1n) is 8.46. The molecule has 0 fully saturated rings. The van der Waals surface area contributed by atoms with Crippen molar-refractivity contribution in [2.45, 2.75) is 13.3 Å². The number of carbonyl (C=O) groups is 1. The van der Waals surface area contributed by atoms with Gasteiger partial charge in [-0.3, -0.25) is 14.9 Å². The maximum atomic E-state index is 12.1. The molecular weight excluding hydrogens is 366 g/mol. The molecule has 2 aromatic rings. The number of nitrogens with zero attached hydrogens (tertiary/aromatic N) is 2. The smallest absolute Gasteiger partial charge is 0.271 e. The molecular formula is C19H21N3O6. The maximum absolute atomic E-state index is 12.1. The Labute approximate surface area is 162 Å². The third-order valence-corrected chi connectivity index (χ3v) is 3.65. The summed E-state index contributed by atoms with van der Waals surface area (Å²) in [6.45, 7) is 2.51. The quantitative estimate of drug-likeness (QED) is 0.402. The lowest BCUT2D eigenvalue weighted by Crippen LogP contribution is -2.17. The third kappa shape index (κ3) is 5.19. The number of non-ortho nitro benzene ring substituents is 1. The van der Waals surface area contributed by atoms with E-state index in [1.807, 2.05) is 6.92 Å². The van der Waals surface area contributed by atoms with Gasteiger partial charge in [0.25, 0.3) is 11.6 Å². The summed E-state index contributed by atoms with van der Waals surface area (Å²) in [5, 5.41) is 14.6. The number of rotatable bonds is 9. The van der Waals surface area contributed by atoms with Crippen molar-refractivity contribution in [3.63, 3.8) is 0 Å².